The van der Waals surface area contributed by atoms with E-state index in [0.29, 0.717) is 8.95 Å². The van der Waals surface area contributed by atoms with E-state index in [0.717, 1.165) is 4.47 Å². The van der Waals surface area contributed by atoms with Gasteiger partial charge in [0.15, 0.2) is 5.82 Å². The van der Waals surface area contributed by atoms with Crippen molar-refractivity contribution in [3.63, 3.8) is 0 Å². The summed E-state index contributed by atoms with van der Waals surface area (Å²) < 4.78 is 14.5. The van der Waals surface area contributed by atoms with Crippen molar-refractivity contribution in [2.24, 2.45) is 0 Å². The van der Waals surface area contributed by atoms with Crippen molar-refractivity contribution in [1.82, 2.24) is 0 Å². The maximum atomic E-state index is 12.9. The summed E-state index contributed by atoms with van der Waals surface area (Å²) in [5.74, 6) is -0.457. The van der Waals surface area contributed by atoms with Crippen LogP contribution in [0.4, 0.5) is 4.39 Å². The molecule has 0 aromatic heterocycles. The van der Waals surface area contributed by atoms with Crippen molar-refractivity contribution in [2.45, 2.75) is 0 Å². The lowest BCUT2D eigenvalue weighted by Gasteiger charge is -2.02. The SMILES string of the molecule is Fc1c(Br)cc(Br)c(Br)c1Cl. The number of hydrogen-bond acceptors (Lipinski definition) is 0. The highest BCUT2D eigenvalue weighted by Gasteiger charge is 2.11. The van der Waals surface area contributed by atoms with Crippen molar-refractivity contribution in [3.05, 3.63) is 30.3 Å². The van der Waals surface area contributed by atoms with E-state index in [-0.39, 0.29) is 5.02 Å². The lowest BCUT2D eigenvalue weighted by Crippen LogP contribution is -1.82. The predicted molar refractivity (Wildman–Crippen MR) is 54.5 cm³/mol. The van der Waals surface area contributed by atoms with Crippen LogP contribution in [0.1, 0.15) is 0 Å². The normalized spacial score (nSPS) is 10.3. The molecule has 11 heavy (non-hydrogen) atoms. The third-order valence-corrected chi connectivity index (χ3v) is 4.20. The van der Waals surface area contributed by atoms with E-state index in [1.54, 1.807) is 6.07 Å². The van der Waals surface area contributed by atoms with Crippen LogP contribution in [0.2, 0.25) is 5.02 Å². The van der Waals surface area contributed by atoms with Gasteiger partial charge in [0, 0.05) is 4.47 Å². The van der Waals surface area contributed by atoms with E-state index in [4.69, 9.17) is 11.6 Å². The smallest absolute Gasteiger partial charge is 0.157 e. The average Bonchev–Trinajstić information content (AvgIpc) is 1.97. The monoisotopic (exact) mass is 364 g/mol. The summed E-state index contributed by atoms with van der Waals surface area (Å²) >= 11 is 15.0. The van der Waals surface area contributed by atoms with E-state index >= 15 is 0 Å². The van der Waals surface area contributed by atoms with Gasteiger partial charge in [-0.15, -0.1) is 0 Å². The molecule has 1 aromatic carbocycles. The molecule has 0 radical (unpaired) electrons. The third kappa shape index (κ3) is 1.97. The van der Waals surface area contributed by atoms with Gasteiger partial charge >= 0.3 is 0 Å². The van der Waals surface area contributed by atoms with Crippen LogP contribution in [0, 0.1) is 5.82 Å². The largest absolute Gasteiger partial charge is 0.204 e. The molecule has 0 aliphatic heterocycles. The quantitative estimate of drug-likeness (QED) is 0.458. The van der Waals surface area contributed by atoms with Crippen LogP contribution in [-0.2, 0) is 0 Å². The van der Waals surface area contributed by atoms with E-state index in [1.807, 2.05) is 0 Å². The van der Waals surface area contributed by atoms with Gasteiger partial charge in [0.1, 0.15) is 0 Å². The fourth-order valence-corrected chi connectivity index (χ4v) is 2.43. The fourth-order valence-electron chi connectivity index (χ4n) is 0.544. The predicted octanol–water partition coefficient (Wildman–Crippen LogP) is 4.77. The zero-order chi connectivity index (χ0) is 8.59. The van der Waals surface area contributed by atoms with E-state index in [1.165, 1.54) is 0 Å². The Balaban J connectivity index is 3.46. The minimum atomic E-state index is -0.457. The van der Waals surface area contributed by atoms with Crippen LogP contribution in [-0.4, -0.2) is 0 Å². The molecule has 0 aliphatic rings. The number of hydrogen-bond donors (Lipinski definition) is 0. The molecule has 1 aromatic rings. The summed E-state index contributed by atoms with van der Waals surface area (Å²) in [5, 5.41) is 0.0752. The Morgan fingerprint density at radius 2 is 1.73 bits per heavy atom. The zero-order valence-electron chi connectivity index (χ0n) is 4.97. The fraction of sp³-hybridized carbons (Fsp3) is 0. The summed E-state index contributed by atoms with van der Waals surface area (Å²) in [6, 6.07) is 1.59. The maximum absolute atomic E-state index is 12.9. The Hall–Kier alpha value is 0.880. The first-order valence-corrected chi connectivity index (χ1v) is 5.28. The molecule has 60 valence electrons. The number of rotatable bonds is 0. The van der Waals surface area contributed by atoms with Crippen molar-refractivity contribution in [3.8, 4) is 0 Å². The molecule has 0 nitrogen and oxygen atoms in total. The van der Waals surface area contributed by atoms with E-state index in [2.05, 4.69) is 47.8 Å². The molecule has 0 aliphatic carbocycles. The molecule has 0 atom stereocenters. The Morgan fingerprint density at radius 1 is 1.18 bits per heavy atom. The van der Waals surface area contributed by atoms with Crippen molar-refractivity contribution < 1.29 is 4.39 Å². The minimum Gasteiger partial charge on any atom is -0.204 e. The first-order valence-electron chi connectivity index (χ1n) is 2.52. The second kappa shape index (κ2) is 3.73. The molecule has 0 bridgehead atoms. The topological polar surface area (TPSA) is 0 Å². The number of halogens is 5. The summed E-state index contributed by atoms with van der Waals surface area (Å²) in [6.07, 6.45) is 0. The van der Waals surface area contributed by atoms with Gasteiger partial charge in [0.05, 0.1) is 14.0 Å². The Bertz CT molecular complexity index is 274. The van der Waals surface area contributed by atoms with Gasteiger partial charge < -0.3 is 0 Å². The Morgan fingerprint density at radius 3 is 2.27 bits per heavy atom. The zero-order valence-corrected chi connectivity index (χ0v) is 10.5. The molecule has 0 heterocycles. The van der Waals surface area contributed by atoms with E-state index in [9.17, 15) is 4.39 Å². The van der Waals surface area contributed by atoms with Crippen molar-refractivity contribution >= 4 is 59.4 Å². The molecule has 0 N–H and O–H groups in total. The maximum Gasteiger partial charge on any atom is 0.157 e. The number of benzene rings is 1. The summed E-state index contributed by atoms with van der Waals surface area (Å²) in [7, 11) is 0. The molecule has 0 saturated heterocycles. The van der Waals surface area contributed by atoms with Crippen LogP contribution >= 0.6 is 59.4 Å². The average molecular weight is 367 g/mol. The highest BCUT2D eigenvalue weighted by molar-refractivity contribution is 9.13. The first kappa shape index (κ1) is 9.96. The molecule has 0 fully saturated rings. The van der Waals surface area contributed by atoms with Gasteiger partial charge in [-0.05, 0) is 53.9 Å². The summed E-state index contributed by atoms with van der Waals surface area (Å²) in [6.45, 7) is 0. The second-order valence-electron chi connectivity index (χ2n) is 1.78. The molecular weight excluding hydrogens is 366 g/mol. The molecule has 0 saturated carbocycles. The van der Waals surface area contributed by atoms with Crippen LogP contribution < -0.4 is 0 Å². The lowest BCUT2D eigenvalue weighted by molar-refractivity contribution is 0.620. The molecule has 0 spiro atoms. The highest BCUT2D eigenvalue weighted by Crippen LogP contribution is 2.36. The van der Waals surface area contributed by atoms with Crippen molar-refractivity contribution in [2.75, 3.05) is 0 Å². The van der Waals surface area contributed by atoms with Crippen LogP contribution in [0.15, 0.2) is 19.5 Å². The van der Waals surface area contributed by atoms with Crippen LogP contribution in [0.5, 0.6) is 0 Å². The van der Waals surface area contributed by atoms with Gasteiger partial charge in [0.25, 0.3) is 0 Å². The van der Waals surface area contributed by atoms with Crippen molar-refractivity contribution in [1.29, 1.82) is 0 Å². The molecule has 0 unspecified atom stereocenters. The molecule has 5 heteroatoms. The van der Waals surface area contributed by atoms with Gasteiger partial charge in [-0.3, -0.25) is 0 Å². The Kier molecular flexibility index (Phi) is 3.38. The van der Waals surface area contributed by atoms with Gasteiger partial charge in [-0.1, -0.05) is 11.6 Å². The van der Waals surface area contributed by atoms with Crippen LogP contribution in [0.3, 0.4) is 0 Å². The van der Waals surface area contributed by atoms with Gasteiger partial charge in [-0.2, -0.15) is 0 Å². The molecule has 0 amide bonds. The first-order chi connectivity index (χ1) is 5.04. The van der Waals surface area contributed by atoms with Gasteiger partial charge in [0.2, 0.25) is 0 Å². The van der Waals surface area contributed by atoms with Crippen LogP contribution in [0.25, 0.3) is 0 Å². The Labute approximate surface area is 93.5 Å². The third-order valence-electron chi connectivity index (χ3n) is 1.06. The highest BCUT2D eigenvalue weighted by atomic mass is 79.9. The van der Waals surface area contributed by atoms with E-state index < -0.39 is 5.82 Å². The molecular formula is C6HBr3ClF. The second-order valence-corrected chi connectivity index (χ2v) is 4.66. The lowest BCUT2D eigenvalue weighted by atomic mass is 10.3. The standard InChI is InChI=1S/C6HBr3ClF/c7-2-1-3(8)6(11)5(10)4(2)9/h1H. The van der Waals surface area contributed by atoms with Gasteiger partial charge in [-0.25, -0.2) is 4.39 Å². The minimum absolute atomic E-state index is 0.0752. The summed E-state index contributed by atoms with van der Waals surface area (Å²) in [5.41, 5.74) is 0. The molecule has 1 rings (SSSR count). The summed E-state index contributed by atoms with van der Waals surface area (Å²) in [4.78, 5) is 0.